The Morgan fingerprint density at radius 3 is 2.37 bits per heavy atom. The van der Waals surface area contributed by atoms with Crippen molar-refractivity contribution in [3.63, 3.8) is 0 Å². The van der Waals surface area contributed by atoms with Gasteiger partial charge in [-0.05, 0) is 42.8 Å². The quantitative estimate of drug-likeness (QED) is 0.473. The Labute approximate surface area is 163 Å². The van der Waals surface area contributed by atoms with Crippen LogP contribution in [0.25, 0.3) is 0 Å². The first kappa shape index (κ1) is 20.8. The number of ether oxygens (including phenoxy) is 1. The summed E-state index contributed by atoms with van der Waals surface area (Å²) >= 11 is 0. The van der Waals surface area contributed by atoms with E-state index in [9.17, 15) is 0 Å². The fourth-order valence-corrected chi connectivity index (χ4v) is 2.74. The number of benzene rings is 2. The highest BCUT2D eigenvalue weighted by Gasteiger charge is 2.00. The van der Waals surface area contributed by atoms with Gasteiger partial charge in [0.15, 0.2) is 5.96 Å². The van der Waals surface area contributed by atoms with Crippen LogP contribution in [-0.2, 0) is 13.0 Å². The monoisotopic (exact) mass is 368 g/mol. The van der Waals surface area contributed by atoms with E-state index in [1.54, 1.807) is 0 Å². The largest absolute Gasteiger partial charge is 0.492 e. The number of nitrogens with zero attached hydrogens (tertiary/aromatic N) is 2. The Morgan fingerprint density at radius 1 is 1.00 bits per heavy atom. The topological polar surface area (TPSA) is 62.9 Å². The van der Waals surface area contributed by atoms with Crippen molar-refractivity contribution in [2.75, 3.05) is 32.8 Å². The van der Waals surface area contributed by atoms with Gasteiger partial charge in [-0.25, -0.2) is 4.99 Å². The van der Waals surface area contributed by atoms with E-state index in [1.807, 2.05) is 42.5 Å². The second-order valence-corrected chi connectivity index (χ2v) is 6.38. The predicted octanol–water partition coefficient (Wildman–Crippen LogP) is 3.05. The standard InChI is InChI=1S/C22H32N4O/c1-3-26(4-2)16-17-27-21-12-10-20(11-13-21)18-25-22(23)24-15-14-19-8-6-5-7-9-19/h5-13H,3-4,14-18H2,1-2H3,(H3,23,24,25). The molecule has 3 N–H and O–H groups in total. The number of rotatable bonds is 11. The molecule has 2 aromatic rings. The third-order valence-electron chi connectivity index (χ3n) is 4.49. The molecule has 5 heteroatoms. The van der Waals surface area contributed by atoms with Gasteiger partial charge < -0.3 is 20.7 Å². The molecule has 0 aromatic heterocycles. The zero-order chi connectivity index (χ0) is 19.3. The van der Waals surface area contributed by atoms with Gasteiger partial charge in [0.2, 0.25) is 0 Å². The molecule has 0 heterocycles. The van der Waals surface area contributed by atoms with E-state index in [0.717, 1.165) is 43.9 Å². The molecule has 0 atom stereocenters. The van der Waals surface area contributed by atoms with Crippen molar-refractivity contribution in [2.24, 2.45) is 10.7 Å². The van der Waals surface area contributed by atoms with E-state index in [2.05, 4.69) is 41.2 Å². The Bertz CT molecular complexity index is 666. The molecule has 0 saturated carbocycles. The zero-order valence-electron chi connectivity index (χ0n) is 16.5. The minimum Gasteiger partial charge on any atom is -0.492 e. The third kappa shape index (κ3) is 8.13. The van der Waals surface area contributed by atoms with Crippen LogP contribution in [-0.4, -0.2) is 43.6 Å². The van der Waals surface area contributed by atoms with Crippen LogP contribution < -0.4 is 15.8 Å². The Kier molecular flexibility index (Phi) is 9.21. The molecule has 0 aliphatic rings. The van der Waals surface area contributed by atoms with Crippen LogP contribution in [0.5, 0.6) is 5.75 Å². The molecule has 0 spiro atoms. The maximum absolute atomic E-state index is 5.95. The Balaban J connectivity index is 1.69. The van der Waals surface area contributed by atoms with E-state index in [1.165, 1.54) is 5.56 Å². The molecule has 27 heavy (non-hydrogen) atoms. The van der Waals surface area contributed by atoms with Crippen LogP contribution >= 0.6 is 0 Å². The van der Waals surface area contributed by atoms with Gasteiger partial charge >= 0.3 is 0 Å². The number of likely N-dealkylation sites (N-methyl/N-ethyl adjacent to an activating group) is 1. The summed E-state index contributed by atoms with van der Waals surface area (Å²) < 4.78 is 5.80. The Hall–Kier alpha value is -2.53. The van der Waals surface area contributed by atoms with E-state index in [4.69, 9.17) is 10.5 Å². The summed E-state index contributed by atoms with van der Waals surface area (Å²) in [7, 11) is 0. The van der Waals surface area contributed by atoms with Gasteiger partial charge in [0.1, 0.15) is 12.4 Å². The minimum atomic E-state index is 0.477. The van der Waals surface area contributed by atoms with Crippen molar-refractivity contribution in [1.29, 1.82) is 0 Å². The average molecular weight is 369 g/mol. The average Bonchev–Trinajstić information content (AvgIpc) is 2.71. The first-order valence-corrected chi connectivity index (χ1v) is 9.73. The van der Waals surface area contributed by atoms with Gasteiger partial charge in [-0.15, -0.1) is 0 Å². The van der Waals surface area contributed by atoms with Crippen molar-refractivity contribution in [3.8, 4) is 5.75 Å². The highest BCUT2D eigenvalue weighted by atomic mass is 16.5. The maximum Gasteiger partial charge on any atom is 0.188 e. The number of hydrogen-bond donors (Lipinski definition) is 2. The number of nitrogens with two attached hydrogens (primary N) is 1. The number of guanidine groups is 1. The smallest absolute Gasteiger partial charge is 0.188 e. The van der Waals surface area contributed by atoms with Crippen molar-refractivity contribution in [2.45, 2.75) is 26.8 Å². The van der Waals surface area contributed by atoms with Crippen LogP contribution in [0.4, 0.5) is 0 Å². The van der Waals surface area contributed by atoms with Gasteiger partial charge in [0.05, 0.1) is 6.54 Å². The van der Waals surface area contributed by atoms with Crippen LogP contribution in [0, 0.1) is 0 Å². The molecular formula is C22H32N4O. The van der Waals surface area contributed by atoms with Crippen LogP contribution in [0.2, 0.25) is 0 Å². The second kappa shape index (κ2) is 12.0. The van der Waals surface area contributed by atoms with Gasteiger partial charge in [-0.2, -0.15) is 0 Å². The maximum atomic E-state index is 5.95. The van der Waals surface area contributed by atoms with Gasteiger partial charge in [0.25, 0.3) is 0 Å². The highest BCUT2D eigenvalue weighted by Crippen LogP contribution is 2.13. The number of nitrogens with one attached hydrogen (secondary N) is 1. The molecule has 0 unspecified atom stereocenters. The zero-order valence-corrected chi connectivity index (χ0v) is 16.5. The molecule has 0 bridgehead atoms. The molecule has 146 valence electrons. The molecule has 2 rings (SSSR count). The fraction of sp³-hybridized carbons (Fsp3) is 0.409. The summed E-state index contributed by atoms with van der Waals surface area (Å²) in [5.74, 6) is 1.37. The van der Waals surface area contributed by atoms with Crippen molar-refractivity contribution in [3.05, 3.63) is 65.7 Å². The lowest BCUT2D eigenvalue weighted by Crippen LogP contribution is -2.33. The molecule has 0 amide bonds. The van der Waals surface area contributed by atoms with E-state index < -0.39 is 0 Å². The highest BCUT2D eigenvalue weighted by molar-refractivity contribution is 5.77. The molecule has 2 aromatic carbocycles. The Morgan fingerprint density at radius 2 is 1.70 bits per heavy atom. The van der Waals surface area contributed by atoms with Crippen molar-refractivity contribution < 1.29 is 4.74 Å². The summed E-state index contributed by atoms with van der Waals surface area (Å²) in [4.78, 5) is 6.74. The summed E-state index contributed by atoms with van der Waals surface area (Å²) in [6.07, 6.45) is 0.927. The predicted molar refractivity (Wildman–Crippen MR) is 113 cm³/mol. The van der Waals surface area contributed by atoms with Crippen LogP contribution in [0.1, 0.15) is 25.0 Å². The fourth-order valence-electron chi connectivity index (χ4n) is 2.74. The van der Waals surface area contributed by atoms with Crippen LogP contribution in [0.15, 0.2) is 59.6 Å². The molecule has 0 aliphatic carbocycles. The summed E-state index contributed by atoms with van der Waals surface area (Å²) in [5.41, 5.74) is 8.34. The van der Waals surface area contributed by atoms with Crippen molar-refractivity contribution >= 4 is 5.96 Å². The van der Waals surface area contributed by atoms with Gasteiger partial charge in [0, 0.05) is 13.1 Å². The van der Waals surface area contributed by atoms with Gasteiger partial charge in [-0.1, -0.05) is 56.3 Å². The first-order chi connectivity index (χ1) is 13.2. The molecule has 0 fully saturated rings. The molecule has 0 radical (unpaired) electrons. The summed E-state index contributed by atoms with van der Waals surface area (Å²) in [6, 6.07) is 18.4. The lowest BCUT2D eigenvalue weighted by Gasteiger charge is -2.18. The summed E-state index contributed by atoms with van der Waals surface area (Å²) in [6.45, 7) is 9.43. The molecule has 0 saturated heterocycles. The molecule has 0 aliphatic heterocycles. The summed E-state index contributed by atoms with van der Waals surface area (Å²) in [5, 5.41) is 3.16. The second-order valence-electron chi connectivity index (χ2n) is 6.38. The molecule has 5 nitrogen and oxygen atoms in total. The lowest BCUT2D eigenvalue weighted by molar-refractivity contribution is 0.223. The molecular weight excluding hydrogens is 336 g/mol. The lowest BCUT2D eigenvalue weighted by atomic mass is 10.1. The minimum absolute atomic E-state index is 0.477. The third-order valence-corrected chi connectivity index (χ3v) is 4.49. The van der Waals surface area contributed by atoms with E-state index in [-0.39, 0.29) is 0 Å². The first-order valence-electron chi connectivity index (χ1n) is 9.73. The van der Waals surface area contributed by atoms with Crippen molar-refractivity contribution in [1.82, 2.24) is 10.2 Å². The normalized spacial score (nSPS) is 11.6. The number of hydrogen-bond acceptors (Lipinski definition) is 3. The SMILES string of the molecule is CCN(CC)CCOc1ccc(CN=C(N)NCCc2ccccc2)cc1. The van der Waals surface area contributed by atoms with Gasteiger partial charge in [-0.3, -0.25) is 0 Å². The van der Waals surface area contributed by atoms with E-state index in [0.29, 0.717) is 19.1 Å². The van der Waals surface area contributed by atoms with Crippen LogP contribution in [0.3, 0.4) is 0 Å². The number of aliphatic imine (C=N–C) groups is 1. The van der Waals surface area contributed by atoms with E-state index >= 15 is 0 Å².